The van der Waals surface area contributed by atoms with E-state index in [1.165, 1.54) is 180 Å². The van der Waals surface area contributed by atoms with E-state index in [9.17, 15) is 132 Å². The molecular formula is C111H75N2O28S-11. The number of carbonyl (C=O) groups excluding carboxylic acids is 14. The van der Waals surface area contributed by atoms with Crippen LogP contribution in [0, 0.1) is 0 Å². The first-order valence-electron chi connectivity index (χ1n) is 41.8. The van der Waals surface area contributed by atoms with Gasteiger partial charge in [-0.3, -0.25) is 28.8 Å². The number of rotatable bonds is 23. The lowest BCUT2D eigenvalue weighted by Gasteiger charge is -2.11. The normalized spacial score (nSPS) is 10.3. The van der Waals surface area contributed by atoms with Crippen molar-refractivity contribution in [2.75, 3.05) is 0 Å². The molecule has 2 aliphatic carbocycles. The summed E-state index contributed by atoms with van der Waals surface area (Å²) in [6.45, 7) is 17.1. The number of carbonyl (C=O) groups is 14. The van der Waals surface area contributed by atoms with Crippen molar-refractivity contribution >= 4 is 142 Å². The molecule has 0 radical (unpaired) electrons. The first kappa shape index (κ1) is 106. The number of Topliss-reactive ketones (excluding diaryl/α,β-unsaturated/α-hetero) is 5. The Bertz CT molecular complexity index is 7310. The van der Waals surface area contributed by atoms with Gasteiger partial charge in [0.1, 0.15) is 11.5 Å². The molecule has 12 aromatic carbocycles. The molecule has 0 amide bonds. The van der Waals surface area contributed by atoms with E-state index < -0.39 is 69.1 Å². The van der Waals surface area contributed by atoms with Crippen LogP contribution < -0.4 is 60.9 Å². The maximum atomic E-state index is 12.3. The van der Waals surface area contributed by atoms with E-state index in [0.717, 1.165) is 32.7 Å². The van der Waals surface area contributed by atoms with Gasteiger partial charge in [0, 0.05) is 55.3 Å². The molecule has 0 atom stereocenters. The predicted octanol–water partition coefficient (Wildman–Crippen LogP) is 8.28. The van der Waals surface area contributed by atoms with Crippen LogP contribution in [0.2, 0.25) is 0 Å². The number of aromatic carboxylic acids is 8. The third kappa shape index (κ3) is 29.1. The van der Waals surface area contributed by atoms with Gasteiger partial charge in [-0.1, -0.05) is 218 Å². The summed E-state index contributed by atoms with van der Waals surface area (Å²) in [6.07, 6.45) is 0. The Morgan fingerprint density at radius 1 is 0.239 bits per heavy atom. The van der Waals surface area contributed by atoms with Crippen LogP contribution in [-0.2, 0) is 9.84 Å². The molecule has 0 aliphatic heterocycles. The molecule has 16 rings (SSSR count). The fourth-order valence-corrected chi connectivity index (χ4v) is 14.3. The van der Waals surface area contributed by atoms with Crippen LogP contribution in [0.15, 0.2) is 357 Å². The minimum atomic E-state index is -3.75. The van der Waals surface area contributed by atoms with Crippen molar-refractivity contribution in [2.24, 2.45) is 0 Å². The molecule has 2 aromatic heterocycles. The van der Waals surface area contributed by atoms with Crippen LogP contribution in [0.5, 0.6) is 11.5 Å². The largest absolute Gasteiger partial charge is 0.872 e. The second kappa shape index (κ2) is 48.7. The molecule has 31 heteroatoms. The van der Waals surface area contributed by atoms with Crippen molar-refractivity contribution in [3.8, 4) is 33.8 Å². The summed E-state index contributed by atoms with van der Waals surface area (Å²) >= 11 is 0. The first-order valence-corrected chi connectivity index (χ1v) is 43.3. The fourth-order valence-electron chi connectivity index (χ4n) is 13.0. The van der Waals surface area contributed by atoms with E-state index in [1.807, 2.05) is 18.2 Å². The number of carboxylic acids is 8. The number of fused-ring (bicyclic) bond motifs is 5. The first-order chi connectivity index (χ1) is 67.3. The Labute approximate surface area is 809 Å². The monoisotopic (exact) mass is 1920 g/mol. The lowest BCUT2D eigenvalue weighted by Crippen LogP contribution is -2.23. The van der Waals surface area contributed by atoms with Crippen LogP contribution in [0.4, 0.5) is 0 Å². The molecule has 14 aromatic rings. The summed E-state index contributed by atoms with van der Waals surface area (Å²) in [5.74, 6) is -10.8. The van der Waals surface area contributed by atoms with E-state index in [2.05, 4.69) is 29.7 Å². The Hall–Kier alpha value is -19.4. The fraction of sp³-hybridized carbons (Fsp3) is 0.0450. The van der Waals surface area contributed by atoms with Gasteiger partial charge in [-0.25, -0.2) is 18.4 Å². The topological polar surface area (TPSA) is 562 Å². The molecular weight excluding hydrogens is 1840 g/mol. The van der Waals surface area contributed by atoms with Crippen molar-refractivity contribution < 1.29 is 136 Å². The van der Waals surface area contributed by atoms with Gasteiger partial charge in [-0.15, -0.1) is 31.3 Å². The highest BCUT2D eigenvalue weighted by Gasteiger charge is 2.21. The molecule has 2 heterocycles. The van der Waals surface area contributed by atoms with Gasteiger partial charge in [-0.2, -0.15) is 0 Å². The number of hydrogen-bond acceptors (Lipinski definition) is 30. The van der Waals surface area contributed by atoms with E-state index in [4.69, 9.17) is 4.74 Å². The van der Waals surface area contributed by atoms with Crippen LogP contribution >= 0.6 is 0 Å². The van der Waals surface area contributed by atoms with E-state index in [0.29, 0.717) is 78.2 Å². The summed E-state index contributed by atoms with van der Waals surface area (Å²) in [4.78, 5) is 162. The highest BCUT2D eigenvalue weighted by molar-refractivity contribution is 7.91. The molecule has 0 bridgehead atoms. The third-order valence-electron chi connectivity index (χ3n) is 20.6. The Balaban J connectivity index is 0.000000182. The van der Waals surface area contributed by atoms with E-state index >= 15 is 0 Å². The Morgan fingerprint density at radius 3 is 0.972 bits per heavy atom. The maximum Gasteiger partial charge on any atom is 0.206 e. The van der Waals surface area contributed by atoms with Crippen LogP contribution in [0.1, 0.15) is 202 Å². The minimum Gasteiger partial charge on any atom is -0.872 e. The average Bonchev–Trinajstić information content (AvgIpc) is 0.863. The molecule has 30 nitrogen and oxygen atoms in total. The molecule has 0 unspecified atom stereocenters. The summed E-state index contributed by atoms with van der Waals surface area (Å²) < 4.78 is 30.2. The van der Waals surface area contributed by atoms with Crippen molar-refractivity contribution in [2.45, 2.75) is 44.4 Å². The predicted molar refractivity (Wildman–Crippen MR) is 502 cm³/mol. The lowest BCUT2D eigenvalue weighted by molar-refractivity contribution is -0.256. The molecule has 142 heavy (non-hydrogen) atoms. The zero-order valence-corrected chi connectivity index (χ0v) is 76.3. The quantitative estimate of drug-likeness (QED) is 0.0330. The highest BCUT2D eigenvalue weighted by Crippen LogP contribution is 2.33. The Kier molecular flexibility index (Phi) is 36.4. The molecule has 0 spiro atoms. The minimum absolute atomic E-state index is 0.00939. The van der Waals surface area contributed by atoms with E-state index in [-0.39, 0.29) is 106 Å². The van der Waals surface area contributed by atoms with Gasteiger partial charge in [0.2, 0.25) is 9.84 Å². The maximum absolute atomic E-state index is 12.3. The van der Waals surface area contributed by atoms with Gasteiger partial charge in [0.05, 0.1) is 80.0 Å². The highest BCUT2D eigenvalue weighted by atomic mass is 32.2. The van der Waals surface area contributed by atoms with Crippen molar-refractivity contribution in [3.63, 3.8) is 0 Å². The summed E-state index contributed by atoms with van der Waals surface area (Å²) in [5.41, 5.74) is 8.31. The number of ketones is 6. The number of pyridine rings is 2. The average molecular weight is 1920 g/mol. The van der Waals surface area contributed by atoms with Gasteiger partial charge in [0.15, 0.2) is 34.7 Å². The second-order valence-electron chi connectivity index (χ2n) is 30.4. The smallest absolute Gasteiger partial charge is 0.206 e. The number of carboxylic acid groups (broad SMARTS) is 8. The molecule has 0 saturated carbocycles. The number of hydrogen-bond donors (Lipinski definition) is 0. The molecule has 0 saturated heterocycles. The van der Waals surface area contributed by atoms with Gasteiger partial charge >= 0.3 is 0 Å². The zero-order valence-electron chi connectivity index (χ0n) is 75.5. The van der Waals surface area contributed by atoms with E-state index in [1.54, 1.807) is 164 Å². The molecule has 0 N–H and O–H groups in total. The third-order valence-corrected chi connectivity index (χ3v) is 22.3. The zero-order chi connectivity index (χ0) is 104. The van der Waals surface area contributed by atoms with Crippen molar-refractivity contribution in [1.29, 1.82) is 0 Å². The summed E-state index contributed by atoms with van der Waals surface area (Å²) in [6, 6.07) is 83.7. The van der Waals surface area contributed by atoms with Crippen LogP contribution in [0.25, 0.3) is 72.1 Å². The molecule has 2 aliphatic rings. The van der Waals surface area contributed by atoms with Gasteiger partial charge < -0.3 is 99.3 Å². The van der Waals surface area contributed by atoms with Gasteiger partial charge in [0.25, 0.3) is 0 Å². The lowest BCUT2D eigenvalue weighted by atomic mass is 10.0. The van der Waals surface area contributed by atoms with Crippen molar-refractivity contribution in [3.05, 3.63) is 448 Å². The standard InChI is InChI=1S/C16H12O4.C15H10N2O3.C15H12O5S.C15H12O4.C15H12O3.2C13H10O3.C9H8O3/c1-10(17)11-2-4-12(5-3-11)15(18)13-6-8-14(9-7-13)16(19)20;1-8(18)11-6-4-9-2-3-10-5-7-12(15(19)20)17-14(10)13(9)16-11;1-10(16)11-2-6-13(7-3-11)21(19,20)14-8-4-12(5-9-14)15(17)18;1-10(16)11-2-6-13(7-3-11)19-14-8-4-12(5-9-14)15(17)18;1-10(16)13-3-2-4-14(9-13)11-5-7-12(8-6-11)15(17)18;1-8(14)10-4-2-9-3-5-11(13(15)16)7-12(9)6-10;1-8(14)11-7-12(13(15)16)10-6-4-2-3-5-9(10)11;1-6(10)7-3-2-4-8(5-7)9(11)12/h2-9H,1H3,(H,19,20);2-7,18H,1H2,(H,19,20);2-9H,1H3,(H,17,18);2-9H,1H3,(H,17,18);2-9,16H,1H2,(H,17,18);2*2-7H,1H3,(H,15,16);2-5,10H,1H2,(H,11,12)/p-11. The summed E-state index contributed by atoms with van der Waals surface area (Å²) in [5, 5.41) is 122. The SMILES string of the molecule is C=C([O-])c1ccc2ccc3ccc(C(=O)[O-])nc3c2n1.C=C([O-])c1cccc(-c2ccc(C(=O)[O-])cc2)c1.C=C([O-])c1cccc(C(=O)[O-])c1.CC(=O)c1cc(C(=O)[O-])c2cccccc1-2.CC(=O)c1ccc(C(=O)c2ccc(C(=O)[O-])cc2)cc1.CC(=O)c1ccc(Oc2ccc(C(=O)[O-])cc2)cc1.CC(=O)c1ccc(S(=O)(=O)c2ccc(C(=O)[O-])cc2)cc1.CC(=O)c1ccc2ccc(C(=O)[O-])cc2c1. The van der Waals surface area contributed by atoms with Crippen LogP contribution in [0.3, 0.4) is 0 Å². The number of nitrogens with zero attached hydrogens (tertiary/aromatic N) is 2. The number of sulfone groups is 1. The number of ether oxygens (including phenoxy) is 1. The molecule has 0 fully saturated rings. The molecule has 714 valence electrons. The van der Waals surface area contributed by atoms with Gasteiger partial charge in [-0.05, 0) is 227 Å². The Morgan fingerprint density at radius 2 is 0.563 bits per heavy atom. The van der Waals surface area contributed by atoms with Crippen molar-refractivity contribution in [1.82, 2.24) is 9.97 Å². The number of benzene rings is 12. The second-order valence-corrected chi connectivity index (χ2v) is 32.3. The van der Waals surface area contributed by atoms with Crippen LogP contribution in [-0.4, -0.2) is 101 Å². The summed E-state index contributed by atoms with van der Waals surface area (Å²) in [7, 11) is -3.75. The number of aromatic nitrogens is 2.